The van der Waals surface area contributed by atoms with Gasteiger partial charge in [0.15, 0.2) is 0 Å². The fourth-order valence-corrected chi connectivity index (χ4v) is 2.26. The molecule has 2 N–H and O–H groups in total. The molecule has 0 bridgehead atoms. The fourth-order valence-electron chi connectivity index (χ4n) is 2.26. The highest BCUT2D eigenvalue weighted by Gasteiger charge is 2.16. The number of aromatic nitrogens is 2. The van der Waals surface area contributed by atoms with E-state index < -0.39 is 11.0 Å². The molecule has 1 aliphatic carbocycles. The molecule has 0 aliphatic heterocycles. The molecular formula is C11H18N4O3. The van der Waals surface area contributed by atoms with Gasteiger partial charge in [0.1, 0.15) is 12.4 Å². The van der Waals surface area contributed by atoms with Crippen LogP contribution in [0.25, 0.3) is 0 Å². The van der Waals surface area contributed by atoms with Crippen LogP contribution in [0.2, 0.25) is 0 Å². The van der Waals surface area contributed by atoms with Crippen LogP contribution in [0, 0.1) is 10.1 Å². The van der Waals surface area contributed by atoms with Crippen molar-refractivity contribution in [3.05, 3.63) is 22.5 Å². The van der Waals surface area contributed by atoms with Gasteiger partial charge in [0, 0.05) is 12.6 Å². The van der Waals surface area contributed by atoms with Crippen molar-refractivity contribution in [2.24, 2.45) is 0 Å². The lowest BCUT2D eigenvalue weighted by atomic mass is 10.2. The Labute approximate surface area is 105 Å². The maximum absolute atomic E-state index is 10.5. The Morgan fingerprint density at radius 1 is 1.61 bits per heavy atom. The molecule has 7 heteroatoms. The number of nitrogens with one attached hydrogen (secondary N) is 1. The van der Waals surface area contributed by atoms with Gasteiger partial charge in [-0.25, -0.2) is 0 Å². The summed E-state index contributed by atoms with van der Waals surface area (Å²) in [7, 11) is 0. The largest absolute Gasteiger partial charge is 0.390 e. The normalized spacial score (nSPS) is 18.1. The van der Waals surface area contributed by atoms with E-state index >= 15 is 0 Å². The molecule has 1 atom stereocenters. The predicted molar refractivity (Wildman–Crippen MR) is 65.1 cm³/mol. The molecule has 0 radical (unpaired) electrons. The van der Waals surface area contributed by atoms with Crippen molar-refractivity contribution in [3.8, 4) is 0 Å². The van der Waals surface area contributed by atoms with Crippen LogP contribution in [0.3, 0.4) is 0 Å². The summed E-state index contributed by atoms with van der Waals surface area (Å²) in [6.07, 6.45) is 6.78. The second-order valence-electron chi connectivity index (χ2n) is 4.72. The SMILES string of the molecule is O=[N+]([O-])c1cnn(CC(O)CNC2CCCC2)c1. The van der Waals surface area contributed by atoms with Gasteiger partial charge in [-0.05, 0) is 12.8 Å². The van der Waals surface area contributed by atoms with Crippen LogP contribution in [0.15, 0.2) is 12.4 Å². The minimum atomic E-state index is -0.579. The third kappa shape index (κ3) is 3.51. The fraction of sp³-hybridized carbons (Fsp3) is 0.727. The average Bonchev–Trinajstić information content (AvgIpc) is 2.96. The molecule has 1 saturated carbocycles. The first-order valence-corrected chi connectivity index (χ1v) is 6.23. The van der Waals surface area contributed by atoms with E-state index in [0.717, 1.165) is 0 Å². The topological polar surface area (TPSA) is 93.2 Å². The predicted octanol–water partition coefficient (Wildman–Crippen LogP) is 0.684. The maximum atomic E-state index is 10.5. The van der Waals surface area contributed by atoms with Gasteiger partial charge in [-0.2, -0.15) is 5.10 Å². The van der Waals surface area contributed by atoms with Crippen molar-refractivity contribution in [3.63, 3.8) is 0 Å². The van der Waals surface area contributed by atoms with Crippen LogP contribution in [0.1, 0.15) is 25.7 Å². The van der Waals surface area contributed by atoms with Crippen molar-refractivity contribution in [2.75, 3.05) is 6.54 Å². The Bertz CT molecular complexity index is 401. The number of aliphatic hydroxyl groups is 1. The van der Waals surface area contributed by atoms with Crippen LogP contribution < -0.4 is 5.32 Å². The third-order valence-corrected chi connectivity index (χ3v) is 3.23. The Kier molecular flexibility index (Phi) is 4.27. The van der Waals surface area contributed by atoms with Crippen LogP contribution in [-0.2, 0) is 6.54 Å². The summed E-state index contributed by atoms with van der Waals surface area (Å²) in [5.74, 6) is 0. The van der Waals surface area contributed by atoms with E-state index in [1.807, 2.05) is 0 Å². The Morgan fingerprint density at radius 3 is 2.94 bits per heavy atom. The minimum Gasteiger partial charge on any atom is -0.390 e. The van der Waals surface area contributed by atoms with Gasteiger partial charge in [0.25, 0.3) is 0 Å². The highest BCUT2D eigenvalue weighted by molar-refractivity contribution is 5.20. The van der Waals surface area contributed by atoms with Crippen LogP contribution >= 0.6 is 0 Å². The van der Waals surface area contributed by atoms with E-state index in [-0.39, 0.29) is 12.2 Å². The van der Waals surface area contributed by atoms with E-state index in [9.17, 15) is 15.2 Å². The summed E-state index contributed by atoms with van der Waals surface area (Å²) in [5.41, 5.74) is -0.0500. The van der Waals surface area contributed by atoms with E-state index in [4.69, 9.17) is 0 Å². The molecule has 0 amide bonds. The molecule has 1 aromatic heterocycles. The van der Waals surface area contributed by atoms with Crippen molar-refractivity contribution in [2.45, 2.75) is 44.4 Å². The Morgan fingerprint density at radius 2 is 2.33 bits per heavy atom. The first-order chi connectivity index (χ1) is 8.65. The third-order valence-electron chi connectivity index (χ3n) is 3.23. The first-order valence-electron chi connectivity index (χ1n) is 6.23. The molecule has 100 valence electrons. The molecule has 1 aromatic rings. The summed E-state index contributed by atoms with van der Waals surface area (Å²) in [4.78, 5) is 9.98. The molecule has 1 unspecified atom stereocenters. The lowest BCUT2D eigenvalue weighted by Crippen LogP contribution is -2.35. The molecule has 0 aromatic carbocycles. The molecule has 1 aliphatic rings. The van der Waals surface area contributed by atoms with Crippen LogP contribution in [0.5, 0.6) is 0 Å². The van der Waals surface area contributed by atoms with Crippen molar-refractivity contribution >= 4 is 5.69 Å². The van der Waals surface area contributed by atoms with Gasteiger partial charge in [0.2, 0.25) is 0 Å². The summed E-state index contributed by atoms with van der Waals surface area (Å²) < 4.78 is 1.40. The van der Waals surface area contributed by atoms with E-state index in [1.165, 1.54) is 42.8 Å². The lowest BCUT2D eigenvalue weighted by molar-refractivity contribution is -0.385. The maximum Gasteiger partial charge on any atom is 0.306 e. The van der Waals surface area contributed by atoms with Crippen LogP contribution in [-0.4, -0.2) is 38.5 Å². The summed E-state index contributed by atoms with van der Waals surface area (Å²) in [6.45, 7) is 0.770. The van der Waals surface area contributed by atoms with Gasteiger partial charge >= 0.3 is 5.69 Å². The number of nitro groups is 1. The molecule has 0 spiro atoms. The Balaban J connectivity index is 1.75. The number of nitrogens with zero attached hydrogens (tertiary/aromatic N) is 3. The lowest BCUT2D eigenvalue weighted by Gasteiger charge is -2.15. The van der Waals surface area contributed by atoms with Gasteiger partial charge < -0.3 is 10.4 Å². The average molecular weight is 254 g/mol. The van der Waals surface area contributed by atoms with Gasteiger partial charge in [-0.15, -0.1) is 0 Å². The van der Waals surface area contributed by atoms with Gasteiger partial charge in [-0.3, -0.25) is 14.8 Å². The van der Waals surface area contributed by atoms with E-state index in [2.05, 4.69) is 10.4 Å². The second kappa shape index (κ2) is 5.92. The molecule has 0 saturated heterocycles. The smallest absolute Gasteiger partial charge is 0.306 e. The standard InChI is InChI=1S/C11H18N4O3/c16-11(6-12-9-3-1-2-4-9)8-14-7-10(5-13-14)15(17)18/h5,7,9,11-12,16H,1-4,6,8H2. The van der Waals surface area contributed by atoms with Gasteiger partial charge in [-0.1, -0.05) is 12.8 Å². The molecule has 2 rings (SSSR count). The molecule has 1 heterocycles. The second-order valence-corrected chi connectivity index (χ2v) is 4.72. The zero-order valence-corrected chi connectivity index (χ0v) is 10.2. The zero-order chi connectivity index (χ0) is 13.0. The first kappa shape index (κ1) is 13.0. The summed E-state index contributed by atoms with van der Waals surface area (Å²) >= 11 is 0. The van der Waals surface area contributed by atoms with Gasteiger partial charge in [0.05, 0.1) is 17.6 Å². The van der Waals surface area contributed by atoms with Crippen LogP contribution in [0.4, 0.5) is 5.69 Å². The van der Waals surface area contributed by atoms with Crippen molar-refractivity contribution < 1.29 is 10.0 Å². The summed E-state index contributed by atoms with van der Waals surface area (Å²) in [6, 6.07) is 0.506. The monoisotopic (exact) mass is 254 g/mol. The number of aliphatic hydroxyl groups excluding tert-OH is 1. The quantitative estimate of drug-likeness (QED) is 0.575. The highest BCUT2D eigenvalue weighted by atomic mass is 16.6. The zero-order valence-electron chi connectivity index (χ0n) is 10.2. The van der Waals surface area contributed by atoms with Crippen molar-refractivity contribution in [1.29, 1.82) is 0 Å². The molecule has 7 nitrogen and oxygen atoms in total. The number of rotatable bonds is 6. The number of hydrogen-bond donors (Lipinski definition) is 2. The molecule has 18 heavy (non-hydrogen) atoms. The van der Waals surface area contributed by atoms with E-state index in [1.54, 1.807) is 0 Å². The van der Waals surface area contributed by atoms with Crippen molar-refractivity contribution in [1.82, 2.24) is 15.1 Å². The molecule has 1 fully saturated rings. The minimum absolute atomic E-state index is 0.0500. The molecular weight excluding hydrogens is 236 g/mol. The number of hydrogen-bond acceptors (Lipinski definition) is 5. The summed E-state index contributed by atoms with van der Waals surface area (Å²) in [5, 5.41) is 27.4. The Hall–Kier alpha value is -1.47. The van der Waals surface area contributed by atoms with E-state index in [0.29, 0.717) is 12.6 Å². The highest BCUT2D eigenvalue weighted by Crippen LogP contribution is 2.17.